The second-order valence-electron chi connectivity index (χ2n) is 4.15. The Kier molecular flexibility index (Phi) is 1.83. The van der Waals surface area contributed by atoms with Crippen LogP contribution in [0.15, 0.2) is 12.1 Å². The van der Waals surface area contributed by atoms with E-state index in [1.54, 1.807) is 12.1 Å². The summed E-state index contributed by atoms with van der Waals surface area (Å²) in [4.78, 5) is 3.40. The number of nitrogens with one attached hydrogen (secondary N) is 2. The zero-order chi connectivity index (χ0) is 10.4. The molecule has 0 bridgehead atoms. The number of H-pyrrole nitrogens is 1. The summed E-state index contributed by atoms with van der Waals surface area (Å²) in [6, 6.07) is 3.21. The first kappa shape index (κ1) is 8.92. The predicted octanol–water partition coefficient (Wildman–Crippen LogP) is 2.26. The molecule has 3 heteroatoms. The van der Waals surface area contributed by atoms with Crippen molar-refractivity contribution in [2.75, 3.05) is 6.54 Å². The van der Waals surface area contributed by atoms with Gasteiger partial charge in [0.05, 0.1) is 0 Å². The van der Waals surface area contributed by atoms with Crippen molar-refractivity contribution in [3.05, 3.63) is 34.8 Å². The lowest BCUT2D eigenvalue weighted by Crippen LogP contribution is -2.22. The van der Waals surface area contributed by atoms with Gasteiger partial charge in [-0.15, -0.1) is 0 Å². The van der Waals surface area contributed by atoms with Gasteiger partial charge in [0.2, 0.25) is 0 Å². The Labute approximate surface area is 87.5 Å². The summed E-state index contributed by atoms with van der Waals surface area (Å²) < 4.78 is 13.3. The van der Waals surface area contributed by atoms with Gasteiger partial charge in [-0.05, 0) is 30.2 Å². The number of benzene rings is 1. The Morgan fingerprint density at radius 3 is 3.07 bits per heavy atom. The molecule has 0 atom stereocenters. The summed E-state index contributed by atoms with van der Waals surface area (Å²) in [6.07, 6.45) is 1.01. The van der Waals surface area contributed by atoms with Crippen molar-refractivity contribution in [3.63, 3.8) is 0 Å². The Morgan fingerprint density at radius 2 is 2.20 bits per heavy atom. The number of aromatic amines is 1. The van der Waals surface area contributed by atoms with Gasteiger partial charge in [-0.1, -0.05) is 0 Å². The van der Waals surface area contributed by atoms with Crippen molar-refractivity contribution < 1.29 is 4.39 Å². The molecule has 2 nitrogen and oxygen atoms in total. The molecule has 0 aliphatic carbocycles. The van der Waals surface area contributed by atoms with Gasteiger partial charge in [0.15, 0.2) is 0 Å². The minimum absolute atomic E-state index is 0.146. The van der Waals surface area contributed by atoms with E-state index in [1.165, 1.54) is 11.3 Å². The molecule has 0 spiro atoms. The Morgan fingerprint density at radius 1 is 1.33 bits per heavy atom. The molecule has 0 amide bonds. The molecular formula is C12H13FN2. The summed E-state index contributed by atoms with van der Waals surface area (Å²) in [6.45, 7) is 3.79. The van der Waals surface area contributed by atoms with E-state index in [0.29, 0.717) is 0 Å². The highest BCUT2D eigenvalue weighted by Gasteiger charge is 2.16. The molecule has 0 unspecified atom stereocenters. The normalized spacial score (nSPS) is 15.6. The molecule has 3 rings (SSSR count). The molecule has 2 heterocycles. The highest BCUT2D eigenvalue weighted by molar-refractivity contribution is 5.87. The average Bonchev–Trinajstić information content (AvgIpc) is 2.57. The van der Waals surface area contributed by atoms with Gasteiger partial charge in [-0.2, -0.15) is 0 Å². The van der Waals surface area contributed by atoms with E-state index in [2.05, 4.69) is 10.3 Å². The van der Waals surface area contributed by atoms with Crippen molar-refractivity contribution in [2.24, 2.45) is 0 Å². The van der Waals surface area contributed by atoms with Crippen LogP contribution in [0.5, 0.6) is 0 Å². The van der Waals surface area contributed by atoms with Gasteiger partial charge in [0, 0.05) is 36.1 Å². The van der Waals surface area contributed by atoms with E-state index in [9.17, 15) is 4.39 Å². The van der Waals surface area contributed by atoms with Crippen LogP contribution in [0.2, 0.25) is 0 Å². The average molecular weight is 204 g/mol. The topological polar surface area (TPSA) is 27.8 Å². The summed E-state index contributed by atoms with van der Waals surface area (Å²) >= 11 is 0. The van der Waals surface area contributed by atoms with Crippen LogP contribution in [0.1, 0.15) is 16.8 Å². The lowest BCUT2D eigenvalue weighted by molar-refractivity contribution is 0.627. The number of hydrogen-bond acceptors (Lipinski definition) is 1. The molecule has 0 radical (unpaired) electrons. The molecule has 1 aliphatic rings. The molecule has 15 heavy (non-hydrogen) atoms. The maximum atomic E-state index is 13.3. The zero-order valence-corrected chi connectivity index (χ0v) is 8.65. The smallest absolute Gasteiger partial charge is 0.124 e. The molecule has 2 N–H and O–H groups in total. The largest absolute Gasteiger partial charge is 0.358 e. The lowest BCUT2D eigenvalue weighted by Gasteiger charge is -2.12. The fourth-order valence-electron chi connectivity index (χ4n) is 2.38. The molecule has 2 aromatic rings. The van der Waals surface area contributed by atoms with Gasteiger partial charge in [-0.3, -0.25) is 0 Å². The standard InChI is InChI=1S/C12H13FN2/c1-7-4-8(13)5-9-10-6-14-3-2-11(10)15-12(7)9/h4-5,14-15H,2-3,6H2,1H3. The molecule has 0 saturated carbocycles. The van der Waals surface area contributed by atoms with Crippen molar-refractivity contribution >= 4 is 10.9 Å². The van der Waals surface area contributed by atoms with Crippen molar-refractivity contribution in [1.82, 2.24) is 10.3 Å². The van der Waals surface area contributed by atoms with Crippen LogP contribution >= 0.6 is 0 Å². The van der Waals surface area contributed by atoms with Crippen LogP contribution in [-0.4, -0.2) is 11.5 Å². The van der Waals surface area contributed by atoms with E-state index in [1.807, 2.05) is 6.92 Å². The molecule has 1 aromatic heterocycles. The predicted molar refractivity (Wildman–Crippen MR) is 58.4 cm³/mol. The fourth-order valence-corrected chi connectivity index (χ4v) is 2.38. The van der Waals surface area contributed by atoms with Crippen molar-refractivity contribution in [1.29, 1.82) is 0 Å². The molecule has 0 fully saturated rings. The molecule has 1 aliphatic heterocycles. The Balaban J connectivity index is 2.37. The van der Waals surface area contributed by atoms with Gasteiger partial charge in [0.1, 0.15) is 5.82 Å². The van der Waals surface area contributed by atoms with Gasteiger partial charge < -0.3 is 10.3 Å². The van der Waals surface area contributed by atoms with Gasteiger partial charge in [-0.25, -0.2) is 4.39 Å². The van der Waals surface area contributed by atoms with Crippen molar-refractivity contribution in [3.8, 4) is 0 Å². The van der Waals surface area contributed by atoms with Gasteiger partial charge in [0.25, 0.3) is 0 Å². The molecule has 1 aromatic carbocycles. The van der Waals surface area contributed by atoms with E-state index in [-0.39, 0.29) is 5.82 Å². The number of aryl methyl sites for hydroxylation is 1. The maximum absolute atomic E-state index is 13.3. The minimum atomic E-state index is -0.146. The highest BCUT2D eigenvalue weighted by Crippen LogP contribution is 2.27. The first-order valence-corrected chi connectivity index (χ1v) is 5.26. The second kappa shape index (κ2) is 3.07. The third-order valence-corrected chi connectivity index (χ3v) is 3.12. The van der Waals surface area contributed by atoms with Crippen LogP contribution < -0.4 is 5.32 Å². The lowest BCUT2D eigenvalue weighted by atomic mass is 10.0. The van der Waals surface area contributed by atoms with Crippen LogP contribution in [0.4, 0.5) is 4.39 Å². The first-order valence-electron chi connectivity index (χ1n) is 5.26. The van der Waals surface area contributed by atoms with E-state index in [4.69, 9.17) is 0 Å². The van der Waals surface area contributed by atoms with Crippen LogP contribution in [0.3, 0.4) is 0 Å². The fraction of sp³-hybridized carbons (Fsp3) is 0.333. The first-order chi connectivity index (χ1) is 7.25. The van der Waals surface area contributed by atoms with Gasteiger partial charge >= 0.3 is 0 Å². The van der Waals surface area contributed by atoms with Crippen LogP contribution in [0, 0.1) is 12.7 Å². The maximum Gasteiger partial charge on any atom is 0.124 e. The number of halogens is 1. The minimum Gasteiger partial charge on any atom is -0.358 e. The quantitative estimate of drug-likeness (QED) is 0.677. The van der Waals surface area contributed by atoms with Crippen LogP contribution in [-0.2, 0) is 13.0 Å². The molecular weight excluding hydrogens is 191 g/mol. The number of rotatable bonds is 0. The zero-order valence-electron chi connectivity index (χ0n) is 8.65. The highest BCUT2D eigenvalue weighted by atomic mass is 19.1. The second-order valence-corrected chi connectivity index (χ2v) is 4.15. The van der Waals surface area contributed by atoms with Crippen LogP contribution in [0.25, 0.3) is 10.9 Å². The third-order valence-electron chi connectivity index (χ3n) is 3.12. The molecule has 78 valence electrons. The Hall–Kier alpha value is -1.35. The SMILES string of the molecule is Cc1cc(F)cc2c3c([nH]c12)CCNC3. The summed E-state index contributed by atoms with van der Waals surface area (Å²) in [5, 5.41) is 4.35. The van der Waals surface area contributed by atoms with E-state index < -0.39 is 0 Å². The van der Waals surface area contributed by atoms with E-state index >= 15 is 0 Å². The summed E-state index contributed by atoms with van der Waals surface area (Å²) in [5.41, 5.74) is 4.57. The monoisotopic (exact) mass is 204 g/mol. The molecule has 0 saturated heterocycles. The number of aromatic nitrogens is 1. The third kappa shape index (κ3) is 1.27. The summed E-state index contributed by atoms with van der Waals surface area (Å²) in [7, 11) is 0. The number of fused-ring (bicyclic) bond motifs is 3. The Bertz CT molecular complexity index is 528. The summed E-state index contributed by atoms with van der Waals surface area (Å²) in [5.74, 6) is -0.146. The van der Waals surface area contributed by atoms with Crippen molar-refractivity contribution in [2.45, 2.75) is 19.9 Å². The van der Waals surface area contributed by atoms with E-state index in [0.717, 1.165) is 36.0 Å². The number of hydrogen-bond donors (Lipinski definition) is 2.